The topological polar surface area (TPSA) is 29.1 Å². The first kappa shape index (κ1) is 14.1. The van der Waals surface area contributed by atoms with Gasteiger partial charge in [-0.25, -0.2) is 0 Å². The molecule has 0 heterocycles. The average Bonchev–Trinajstić information content (AvgIpc) is 2.33. The summed E-state index contributed by atoms with van der Waals surface area (Å²) in [5.74, 6) is -0.0160. The van der Waals surface area contributed by atoms with Crippen molar-refractivity contribution in [3.05, 3.63) is 32.4 Å². The summed E-state index contributed by atoms with van der Waals surface area (Å²) in [5, 5.41) is 3.79. The van der Waals surface area contributed by atoms with Crippen LogP contribution in [0.1, 0.15) is 49.4 Å². The number of amides is 1. The molecule has 0 bridgehead atoms. The van der Waals surface area contributed by atoms with Gasteiger partial charge in [-0.2, -0.15) is 0 Å². The van der Waals surface area contributed by atoms with Gasteiger partial charge in [0, 0.05) is 14.7 Å². The van der Waals surface area contributed by atoms with Gasteiger partial charge in [0.1, 0.15) is 0 Å². The molecule has 1 amide bonds. The number of rotatable bonds is 2. The van der Waals surface area contributed by atoms with E-state index < -0.39 is 0 Å². The maximum atomic E-state index is 12.2. The maximum Gasteiger partial charge on any atom is 0.251 e. The van der Waals surface area contributed by atoms with E-state index >= 15 is 0 Å². The predicted molar refractivity (Wildman–Crippen MR) is 83.1 cm³/mol. The molecule has 0 spiro atoms. The fraction of sp³-hybridized carbons (Fsp3) is 0.500. The molecule has 0 aromatic heterocycles. The van der Waals surface area contributed by atoms with Gasteiger partial charge in [0.25, 0.3) is 5.91 Å². The second-order valence-corrected chi connectivity index (χ2v) is 6.77. The number of benzene rings is 1. The van der Waals surface area contributed by atoms with Crippen LogP contribution < -0.4 is 5.32 Å². The van der Waals surface area contributed by atoms with Crippen molar-refractivity contribution in [1.29, 1.82) is 0 Å². The molecule has 0 saturated heterocycles. The van der Waals surface area contributed by atoms with Crippen LogP contribution in [-0.2, 0) is 0 Å². The van der Waals surface area contributed by atoms with Gasteiger partial charge in [0.2, 0.25) is 0 Å². The number of carbonyl (C=O) groups excluding carboxylic acids is 1. The molecular formula is C14H17ClINO. The van der Waals surface area contributed by atoms with Gasteiger partial charge >= 0.3 is 0 Å². The zero-order chi connectivity index (χ0) is 13.2. The molecule has 1 aromatic carbocycles. The minimum Gasteiger partial charge on any atom is -0.347 e. The molecule has 0 unspecified atom stereocenters. The minimum absolute atomic E-state index is 0.0160. The van der Waals surface area contributed by atoms with E-state index in [1.54, 1.807) is 6.07 Å². The lowest BCUT2D eigenvalue weighted by Gasteiger charge is -2.34. The Kier molecular flexibility index (Phi) is 4.54. The molecule has 98 valence electrons. The van der Waals surface area contributed by atoms with Gasteiger partial charge in [-0.15, -0.1) is 0 Å². The second-order valence-electron chi connectivity index (χ2n) is 5.20. The highest BCUT2D eigenvalue weighted by Gasteiger charge is 2.28. The van der Waals surface area contributed by atoms with Crippen molar-refractivity contribution in [3.63, 3.8) is 0 Å². The van der Waals surface area contributed by atoms with Crippen LogP contribution >= 0.6 is 34.2 Å². The van der Waals surface area contributed by atoms with E-state index in [1.807, 2.05) is 12.1 Å². The lowest BCUT2D eigenvalue weighted by atomic mass is 9.83. The summed E-state index contributed by atoms with van der Waals surface area (Å²) in [7, 11) is 0. The normalized spacial score (nSPS) is 18.4. The van der Waals surface area contributed by atoms with Gasteiger partial charge in [-0.3, -0.25) is 4.79 Å². The molecule has 1 aliphatic carbocycles. The van der Waals surface area contributed by atoms with E-state index in [-0.39, 0.29) is 11.4 Å². The third kappa shape index (κ3) is 3.38. The third-order valence-corrected chi connectivity index (χ3v) is 5.13. The van der Waals surface area contributed by atoms with E-state index in [4.69, 9.17) is 11.6 Å². The van der Waals surface area contributed by atoms with Crippen LogP contribution in [0.25, 0.3) is 0 Å². The van der Waals surface area contributed by atoms with Crippen molar-refractivity contribution in [2.75, 3.05) is 0 Å². The largest absolute Gasteiger partial charge is 0.347 e. The summed E-state index contributed by atoms with van der Waals surface area (Å²) in [4.78, 5) is 12.2. The van der Waals surface area contributed by atoms with E-state index in [2.05, 4.69) is 34.8 Å². The molecule has 0 aliphatic heterocycles. The van der Waals surface area contributed by atoms with Crippen molar-refractivity contribution in [1.82, 2.24) is 5.32 Å². The fourth-order valence-corrected chi connectivity index (χ4v) is 2.96. The van der Waals surface area contributed by atoms with Crippen molar-refractivity contribution in [3.8, 4) is 0 Å². The van der Waals surface area contributed by atoms with E-state index in [0.29, 0.717) is 10.6 Å². The average molecular weight is 378 g/mol. The molecule has 1 saturated carbocycles. The molecule has 1 aliphatic rings. The lowest BCUT2D eigenvalue weighted by Crippen LogP contribution is -2.47. The number of nitrogens with one attached hydrogen (secondary N) is 1. The van der Waals surface area contributed by atoms with Gasteiger partial charge in [0.05, 0.1) is 5.02 Å². The Balaban J connectivity index is 2.09. The molecule has 4 heteroatoms. The Bertz CT molecular complexity index is 455. The summed E-state index contributed by atoms with van der Waals surface area (Å²) in [6.07, 6.45) is 5.81. The highest BCUT2D eigenvalue weighted by Crippen LogP contribution is 2.28. The standard InChI is InChI=1S/C14H17ClINO/c1-14(7-3-2-4-8-14)17-13(18)10-5-6-12(16)11(15)9-10/h5-6,9H,2-4,7-8H2,1H3,(H,17,18). The van der Waals surface area contributed by atoms with Crippen LogP contribution in [0.2, 0.25) is 5.02 Å². The highest BCUT2D eigenvalue weighted by molar-refractivity contribution is 14.1. The molecule has 1 fully saturated rings. The number of hydrogen-bond donors (Lipinski definition) is 1. The Morgan fingerprint density at radius 1 is 1.33 bits per heavy atom. The zero-order valence-corrected chi connectivity index (χ0v) is 13.3. The predicted octanol–water partition coefficient (Wildman–Crippen LogP) is 4.40. The first-order chi connectivity index (χ1) is 8.50. The monoisotopic (exact) mass is 377 g/mol. The summed E-state index contributed by atoms with van der Waals surface area (Å²) < 4.78 is 0.967. The second kappa shape index (κ2) is 5.78. The van der Waals surface area contributed by atoms with Crippen LogP contribution in [-0.4, -0.2) is 11.4 Å². The number of carbonyl (C=O) groups is 1. The van der Waals surface area contributed by atoms with Crippen molar-refractivity contribution in [2.45, 2.75) is 44.6 Å². The van der Waals surface area contributed by atoms with Crippen LogP contribution in [0, 0.1) is 3.57 Å². The highest BCUT2D eigenvalue weighted by atomic mass is 127. The lowest BCUT2D eigenvalue weighted by molar-refractivity contribution is 0.0882. The maximum absolute atomic E-state index is 12.2. The SMILES string of the molecule is CC1(NC(=O)c2ccc(I)c(Cl)c2)CCCCC1. The van der Waals surface area contributed by atoms with Crippen LogP contribution in [0.3, 0.4) is 0 Å². The van der Waals surface area contributed by atoms with Crippen molar-refractivity contribution in [2.24, 2.45) is 0 Å². The minimum atomic E-state index is -0.0508. The summed E-state index contributed by atoms with van der Waals surface area (Å²) in [6.45, 7) is 2.14. The van der Waals surface area contributed by atoms with Gasteiger partial charge < -0.3 is 5.32 Å². The molecule has 1 N–H and O–H groups in total. The quantitative estimate of drug-likeness (QED) is 0.761. The van der Waals surface area contributed by atoms with Gasteiger partial charge in [0.15, 0.2) is 0 Å². The van der Waals surface area contributed by atoms with Crippen LogP contribution in [0.15, 0.2) is 18.2 Å². The Hall–Kier alpha value is -0.290. The van der Waals surface area contributed by atoms with Crippen LogP contribution in [0.4, 0.5) is 0 Å². The molecule has 0 radical (unpaired) electrons. The molecule has 0 atom stereocenters. The summed E-state index contributed by atoms with van der Waals surface area (Å²) in [6, 6.07) is 5.45. The van der Waals surface area contributed by atoms with Crippen molar-refractivity contribution >= 4 is 40.1 Å². The molecule has 1 aromatic rings. The zero-order valence-electron chi connectivity index (χ0n) is 10.4. The fourth-order valence-electron chi connectivity index (χ4n) is 2.44. The smallest absolute Gasteiger partial charge is 0.251 e. The van der Waals surface area contributed by atoms with E-state index in [0.717, 1.165) is 16.4 Å². The molecule has 2 rings (SSSR count). The Labute approximate surface area is 127 Å². The first-order valence-corrected chi connectivity index (χ1v) is 7.73. The third-order valence-electron chi connectivity index (χ3n) is 3.55. The van der Waals surface area contributed by atoms with Crippen LogP contribution in [0.5, 0.6) is 0 Å². The summed E-state index contributed by atoms with van der Waals surface area (Å²) >= 11 is 8.21. The van der Waals surface area contributed by atoms with E-state index in [9.17, 15) is 4.79 Å². The van der Waals surface area contributed by atoms with E-state index in [1.165, 1.54) is 19.3 Å². The van der Waals surface area contributed by atoms with Gasteiger partial charge in [-0.05, 0) is 60.6 Å². The Morgan fingerprint density at radius 3 is 2.61 bits per heavy atom. The summed E-state index contributed by atoms with van der Waals surface area (Å²) in [5.41, 5.74) is 0.595. The molecular weight excluding hydrogens is 361 g/mol. The van der Waals surface area contributed by atoms with Crippen molar-refractivity contribution < 1.29 is 4.79 Å². The molecule has 2 nitrogen and oxygen atoms in total. The molecule has 18 heavy (non-hydrogen) atoms. The Morgan fingerprint density at radius 2 is 2.00 bits per heavy atom. The number of halogens is 2. The first-order valence-electron chi connectivity index (χ1n) is 6.28. The number of hydrogen-bond acceptors (Lipinski definition) is 1. The van der Waals surface area contributed by atoms with Gasteiger partial charge in [-0.1, -0.05) is 30.9 Å².